The molecule has 2 fully saturated rings. The molecule has 0 aliphatic carbocycles. The van der Waals surface area contributed by atoms with Crippen LogP contribution in [0.2, 0.25) is 0 Å². The van der Waals surface area contributed by atoms with Crippen LogP contribution in [0.15, 0.2) is 22.8 Å². The highest BCUT2D eigenvalue weighted by Gasteiger charge is 2.50. The van der Waals surface area contributed by atoms with Gasteiger partial charge in [-0.2, -0.15) is 0 Å². The van der Waals surface area contributed by atoms with Gasteiger partial charge in [-0.1, -0.05) is 62.4 Å². The first-order chi connectivity index (χ1) is 12.6. The van der Waals surface area contributed by atoms with Gasteiger partial charge in [0.05, 0.1) is 11.2 Å². The number of hydrogen-bond donors (Lipinski definition) is 0. The maximum atomic E-state index is 12.6. The van der Waals surface area contributed by atoms with Crippen molar-refractivity contribution in [2.24, 2.45) is 5.92 Å². The number of allylic oxidation sites excluding steroid dienone is 2. The zero-order valence-corrected chi connectivity index (χ0v) is 21.4. The topological polar surface area (TPSA) is 35.5 Å². The van der Waals surface area contributed by atoms with E-state index in [1.165, 1.54) is 12.0 Å². The Hall–Kier alpha value is 0.370. The minimum atomic E-state index is -0.155. The van der Waals surface area contributed by atoms with Crippen LogP contribution in [0.25, 0.3) is 0 Å². The van der Waals surface area contributed by atoms with Gasteiger partial charge in [0.2, 0.25) is 0 Å². The maximum Gasteiger partial charge on any atom is 0.334 e. The predicted octanol–water partition coefficient (Wildman–Crippen LogP) is 6.32. The van der Waals surface area contributed by atoms with E-state index in [4.69, 9.17) is 9.47 Å². The largest absolute Gasteiger partial charge is 0.458 e. The van der Waals surface area contributed by atoms with E-state index >= 15 is 0 Å². The smallest absolute Gasteiger partial charge is 0.334 e. The van der Waals surface area contributed by atoms with E-state index in [9.17, 15) is 4.79 Å². The van der Waals surface area contributed by atoms with Crippen LogP contribution in [0.4, 0.5) is 0 Å². The average Bonchev–Trinajstić information content (AvgIpc) is 2.85. The van der Waals surface area contributed by atoms with Crippen molar-refractivity contribution in [2.45, 2.75) is 98.3 Å². The van der Waals surface area contributed by atoms with Gasteiger partial charge in [-0.05, 0) is 66.7 Å². The van der Waals surface area contributed by atoms with Crippen LogP contribution in [0, 0.1) is 5.92 Å². The van der Waals surface area contributed by atoms with E-state index in [0.717, 1.165) is 43.3 Å². The predicted molar refractivity (Wildman–Crippen MR) is 127 cm³/mol. The number of hydrogen-bond acceptors (Lipinski definition) is 3. The first kappa shape index (κ1) is 22.1. The van der Waals surface area contributed by atoms with Crippen LogP contribution < -0.4 is 0 Å². The van der Waals surface area contributed by atoms with E-state index in [1.54, 1.807) is 0 Å². The molecule has 3 aliphatic heterocycles. The number of carbonyl (C=O) groups excluding carboxylic acids is 1. The van der Waals surface area contributed by atoms with Crippen molar-refractivity contribution in [2.75, 3.05) is 0 Å². The highest BCUT2D eigenvalue weighted by atomic mass is 127. The Morgan fingerprint density at radius 2 is 1.81 bits per heavy atom. The molecule has 27 heavy (non-hydrogen) atoms. The van der Waals surface area contributed by atoms with Gasteiger partial charge in [0.15, 0.2) is 0 Å². The number of esters is 1. The van der Waals surface area contributed by atoms with Crippen LogP contribution in [0.1, 0.15) is 73.1 Å². The highest BCUT2D eigenvalue weighted by molar-refractivity contribution is 14.1. The van der Waals surface area contributed by atoms with Crippen molar-refractivity contribution in [1.82, 2.24) is 0 Å². The highest BCUT2D eigenvalue weighted by Crippen LogP contribution is 2.48. The molecule has 0 spiro atoms. The van der Waals surface area contributed by atoms with Gasteiger partial charge < -0.3 is 9.47 Å². The van der Waals surface area contributed by atoms with E-state index in [-0.39, 0.29) is 29.2 Å². The van der Waals surface area contributed by atoms with Gasteiger partial charge in [0, 0.05) is 25.8 Å². The fourth-order valence-corrected chi connectivity index (χ4v) is 6.66. The van der Waals surface area contributed by atoms with Crippen LogP contribution in [-0.4, -0.2) is 31.1 Å². The summed E-state index contributed by atoms with van der Waals surface area (Å²) < 4.78 is 13.6. The van der Waals surface area contributed by atoms with Crippen molar-refractivity contribution in [3.63, 3.8) is 0 Å². The summed E-state index contributed by atoms with van der Waals surface area (Å²) in [6, 6.07) is 0. The summed E-state index contributed by atoms with van der Waals surface area (Å²) in [5.41, 5.74) is 3.08. The molecule has 0 saturated carbocycles. The number of rotatable bonds is 0. The molecule has 1 unspecified atom stereocenters. The van der Waals surface area contributed by atoms with Crippen LogP contribution in [0.3, 0.4) is 0 Å². The van der Waals surface area contributed by atoms with Crippen molar-refractivity contribution in [3.8, 4) is 0 Å². The second-order valence-electron chi connectivity index (χ2n) is 9.19. The maximum absolute atomic E-state index is 12.6. The molecule has 0 amide bonds. The summed E-state index contributed by atoms with van der Waals surface area (Å²) in [4.78, 5) is 12.6. The molecule has 3 nitrogen and oxygen atoms in total. The van der Waals surface area contributed by atoms with Gasteiger partial charge in [0.25, 0.3) is 0 Å². The Morgan fingerprint density at radius 3 is 2.48 bits per heavy atom. The second-order valence-corrected chi connectivity index (χ2v) is 12.2. The fourth-order valence-electron chi connectivity index (χ4n) is 4.92. The summed E-state index contributed by atoms with van der Waals surface area (Å²) in [5.74, 6) is 0.0549. The molecule has 3 aliphatic rings. The third-order valence-electron chi connectivity index (χ3n) is 6.64. The first-order valence-electron chi connectivity index (χ1n) is 10.1. The minimum Gasteiger partial charge on any atom is -0.458 e. The zero-order chi connectivity index (χ0) is 20.0. The summed E-state index contributed by atoms with van der Waals surface area (Å²) in [6.45, 7) is 10.8. The lowest BCUT2D eigenvalue weighted by molar-refractivity contribution is -0.169. The zero-order valence-electron chi connectivity index (χ0n) is 17.1. The lowest BCUT2D eigenvalue weighted by atomic mass is 9.78. The molecule has 0 N–H and O–H groups in total. The first-order valence-corrected chi connectivity index (χ1v) is 12.6. The monoisotopic (exact) mass is 598 g/mol. The van der Waals surface area contributed by atoms with E-state index in [2.05, 4.69) is 72.0 Å². The average molecular weight is 598 g/mol. The van der Waals surface area contributed by atoms with Gasteiger partial charge in [-0.3, -0.25) is 0 Å². The molecular formula is C22H32I2O3. The van der Waals surface area contributed by atoms with Crippen molar-refractivity contribution in [3.05, 3.63) is 22.8 Å². The van der Waals surface area contributed by atoms with E-state index < -0.39 is 0 Å². The molecule has 2 saturated heterocycles. The molecule has 0 aromatic carbocycles. The number of alkyl halides is 2. The lowest BCUT2D eigenvalue weighted by Gasteiger charge is -2.50. The third-order valence-corrected chi connectivity index (χ3v) is 10.4. The number of fused-ring (bicyclic) bond motifs is 3. The third kappa shape index (κ3) is 4.44. The Labute approximate surface area is 191 Å². The Balaban J connectivity index is 1.99. The van der Waals surface area contributed by atoms with Crippen molar-refractivity contribution < 1.29 is 14.3 Å². The molecule has 0 radical (unpaired) electrons. The van der Waals surface area contributed by atoms with Gasteiger partial charge >= 0.3 is 5.97 Å². The van der Waals surface area contributed by atoms with Crippen molar-refractivity contribution >= 4 is 51.2 Å². The second kappa shape index (κ2) is 8.25. The summed E-state index contributed by atoms with van der Waals surface area (Å²) >= 11 is 5.17. The lowest BCUT2D eigenvalue weighted by Crippen LogP contribution is -2.55. The molecule has 6 atom stereocenters. The van der Waals surface area contributed by atoms with Gasteiger partial charge in [0.1, 0.15) is 6.10 Å². The van der Waals surface area contributed by atoms with Gasteiger partial charge in [-0.15, -0.1) is 0 Å². The molecule has 152 valence electrons. The van der Waals surface area contributed by atoms with Crippen molar-refractivity contribution in [1.29, 1.82) is 0 Å². The summed E-state index contributed by atoms with van der Waals surface area (Å²) in [6.07, 6.45) is 8.41. The SMILES string of the molecule is CC(C)=C1C(=O)O[C@H]2C/C(C)=C/CC[C@@]3(C)O[C@](C)(CC[C@@H]3I)C(I)C[C@@H]12. The molecule has 2 bridgehead atoms. The summed E-state index contributed by atoms with van der Waals surface area (Å²) in [5, 5.41) is 0. The molecular weight excluding hydrogens is 566 g/mol. The Morgan fingerprint density at radius 1 is 1.15 bits per heavy atom. The Bertz CT molecular complexity index is 666. The summed E-state index contributed by atoms with van der Waals surface area (Å²) in [7, 11) is 0. The normalized spacial score (nSPS) is 45.1. The number of halogens is 2. The van der Waals surface area contributed by atoms with Crippen LogP contribution in [0.5, 0.6) is 0 Å². The number of carbonyl (C=O) groups is 1. The fraction of sp³-hybridized carbons (Fsp3) is 0.773. The molecule has 3 heterocycles. The molecule has 3 rings (SSSR count). The Kier molecular flexibility index (Phi) is 6.74. The standard InChI is InChI=1S/C22H32I2O3/c1-13(2)19-15-12-18(24)22(5)10-8-17(23)21(4,27-22)9-6-7-14(3)11-16(15)26-20(19)25/h7,15-18H,6,8-12H2,1-5H3/b14-7+/t15-,16+,17+,18?,21-,22-/m1/s1. The van der Waals surface area contributed by atoms with Crippen LogP contribution in [-0.2, 0) is 14.3 Å². The quantitative estimate of drug-likeness (QED) is 0.108. The van der Waals surface area contributed by atoms with E-state index in [0.29, 0.717) is 7.85 Å². The van der Waals surface area contributed by atoms with E-state index in [1.807, 2.05) is 13.8 Å². The molecule has 0 aromatic heterocycles. The molecule has 5 heteroatoms. The minimum absolute atomic E-state index is 0.0359. The van der Waals surface area contributed by atoms with Gasteiger partial charge in [-0.25, -0.2) is 4.79 Å². The van der Waals surface area contributed by atoms with Crippen LogP contribution >= 0.6 is 45.2 Å². The number of ether oxygens (including phenoxy) is 2. The molecule has 0 aromatic rings.